The first kappa shape index (κ1) is 11.9. The van der Waals surface area contributed by atoms with Crippen LogP contribution in [0.4, 0.5) is 5.82 Å². The summed E-state index contributed by atoms with van der Waals surface area (Å²) in [6.45, 7) is 4.16. The van der Waals surface area contributed by atoms with Gasteiger partial charge < -0.3 is 5.32 Å². The van der Waals surface area contributed by atoms with Crippen LogP contribution in [-0.2, 0) is 6.42 Å². The fraction of sp³-hybridized carbons (Fsp3) is 0.250. The number of pyridine rings is 2. The smallest absolute Gasteiger partial charge is 0.129 e. The molecule has 19 heavy (non-hydrogen) atoms. The number of hydrogen-bond acceptors (Lipinski definition) is 3. The molecule has 0 bridgehead atoms. The van der Waals surface area contributed by atoms with Crippen molar-refractivity contribution in [2.45, 2.75) is 20.3 Å². The SMILES string of the molecule is CCc1cc2ccc3ccc(C)nc3c2nc1NC. The Kier molecular flexibility index (Phi) is 2.82. The third-order valence-corrected chi connectivity index (χ3v) is 3.48. The number of nitrogens with zero attached hydrogens (tertiary/aromatic N) is 2. The van der Waals surface area contributed by atoms with Gasteiger partial charge in [0.25, 0.3) is 0 Å². The standard InChI is InChI=1S/C16H17N3/c1-4-11-9-13-8-7-12-6-5-10(2)18-14(12)15(13)19-16(11)17-3/h5-9H,4H2,1-3H3,(H,17,19). The molecular weight excluding hydrogens is 234 g/mol. The van der Waals surface area contributed by atoms with Crippen LogP contribution in [0, 0.1) is 6.92 Å². The first-order valence-electron chi connectivity index (χ1n) is 6.60. The van der Waals surface area contributed by atoms with Crippen molar-refractivity contribution in [2.75, 3.05) is 12.4 Å². The highest BCUT2D eigenvalue weighted by Gasteiger charge is 2.08. The number of aromatic nitrogens is 2. The zero-order valence-electron chi connectivity index (χ0n) is 11.5. The van der Waals surface area contributed by atoms with E-state index in [0.717, 1.165) is 39.7 Å². The predicted molar refractivity (Wildman–Crippen MR) is 80.7 cm³/mol. The number of anilines is 1. The van der Waals surface area contributed by atoms with Gasteiger partial charge in [-0.25, -0.2) is 4.98 Å². The highest BCUT2D eigenvalue weighted by atomic mass is 15.0. The maximum atomic E-state index is 4.76. The Morgan fingerprint density at radius 3 is 2.42 bits per heavy atom. The summed E-state index contributed by atoms with van der Waals surface area (Å²) in [6.07, 6.45) is 0.971. The van der Waals surface area contributed by atoms with Gasteiger partial charge in [-0.15, -0.1) is 0 Å². The Morgan fingerprint density at radius 1 is 1.00 bits per heavy atom. The second kappa shape index (κ2) is 4.50. The highest BCUT2D eigenvalue weighted by molar-refractivity contribution is 6.03. The molecule has 0 unspecified atom stereocenters. The molecule has 0 aliphatic rings. The maximum absolute atomic E-state index is 4.76. The summed E-state index contributed by atoms with van der Waals surface area (Å²) < 4.78 is 0. The van der Waals surface area contributed by atoms with Crippen LogP contribution in [0.2, 0.25) is 0 Å². The first-order valence-corrected chi connectivity index (χ1v) is 6.60. The summed E-state index contributed by atoms with van der Waals surface area (Å²) in [7, 11) is 1.91. The largest absolute Gasteiger partial charge is 0.373 e. The number of fused-ring (bicyclic) bond motifs is 3. The highest BCUT2D eigenvalue weighted by Crippen LogP contribution is 2.26. The molecule has 3 rings (SSSR count). The summed E-state index contributed by atoms with van der Waals surface area (Å²) in [5.41, 5.74) is 4.22. The van der Waals surface area contributed by atoms with E-state index in [4.69, 9.17) is 4.98 Å². The van der Waals surface area contributed by atoms with Crippen LogP contribution in [0.5, 0.6) is 0 Å². The van der Waals surface area contributed by atoms with Crippen molar-refractivity contribution >= 4 is 27.6 Å². The van der Waals surface area contributed by atoms with E-state index in [0.29, 0.717) is 0 Å². The molecule has 0 saturated heterocycles. The molecule has 0 aliphatic carbocycles. The van der Waals surface area contributed by atoms with Gasteiger partial charge in [0.2, 0.25) is 0 Å². The second-order valence-corrected chi connectivity index (χ2v) is 4.76. The van der Waals surface area contributed by atoms with Gasteiger partial charge in [-0.1, -0.05) is 25.1 Å². The van der Waals surface area contributed by atoms with E-state index in [-0.39, 0.29) is 0 Å². The Hall–Kier alpha value is -2.16. The number of rotatable bonds is 2. The van der Waals surface area contributed by atoms with Gasteiger partial charge in [-0.2, -0.15) is 0 Å². The lowest BCUT2D eigenvalue weighted by atomic mass is 10.1. The van der Waals surface area contributed by atoms with Crippen molar-refractivity contribution < 1.29 is 0 Å². The summed E-state index contributed by atoms with van der Waals surface area (Å²) in [4.78, 5) is 9.40. The summed E-state index contributed by atoms with van der Waals surface area (Å²) in [5.74, 6) is 0.950. The van der Waals surface area contributed by atoms with E-state index in [9.17, 15) is 0 Å². The Morgan fingerprint density at radius 2 is 1.68 bits per heavy atom. The number of benzene rings is 1. The molecule has 3 heteroatoms. The first-order chi connectivity index (χ1) is 9.22. The van der Waals surface area contributed by atoms with Gasteiger partial charge in [0.1, 0.15) is 5.82 Å². The van der Waals surface area contributed by atoms with Crippen LogP contribution in [0.1, 0.15) is 18.2 Å². The van der Waals surface area contributed by atoms with Crippen LogP contribution in [0.3, 0.4) is 0 Å². The minimum Gasteiger partial charge on any atom is -0.373 e. The quantitative estimate of drug-likeness (QED) is 0.706. The van der Waals surface area contributed by atoms with E-state index in [2.05, 4.69) is 41.5 Å². The molecule has 1 N–H and O–H groups in total. The predicted octanol–water partition coefficient (Wildman–Crippen LogP) is 3.70. The van der Waals surface area contributed by atoms with E-state index in [1.807, 2.05) is 20.0 Å². The normalized spacial score (nSPS) is 11.1. The average Bonchev–Trinajstić information content (AvgIpc) is 2.45. The summed E-state index contributed by atoms with van der Waals surface area (Å²) in [5, 5.41) is 5.47. The summed E-state index contributed by atoms with van der Waals surface area (Å²) in [6, 6.07) is 10.6. The Labute approximate surface area is 112 Å². The van der Waals surface area contributed by atoms with Gasteiger partial charge in [-0.3, -0.25) is 4.98 Å². The maximum Gasteiger partial charge on any atom is 0.129 e. The fourth-order valence-corrected chi connectivity index (χ4v) is 2.45. The minimum absolute atomic E-state index is 0.950. The summed E-state index contributed by atoms with van der Waals surface area (Å²) >= 11 is 0. The van der Waals surface area contributed by atoms with Gasteiger partial charge in [0.15, 0.2) is 0 Å². The lowest BCUT2D eigenvalue weighted by molar-refractivity contribution is 1.12. The van der Waals surface area contributed by atoms with Gasteiger partial charge >= 0.3 is 0 Å². The molecule has 0 spiro atoms. The Balaban J connectivity index is 2.43. The van der Waals surface area contributed by atoms with E-state index < -0.39 is 0 Å². The molecule has 3 aromatic rings. The van der Waals surface area contributed by atoms with E-state index in [1.165, 1.54) is 5.56 Å². The number of nitrogens with one attached hydrogen (secondary N) is 1. The zero-order chi connectivity index (χ0) is 13.4. The fourth-order valence-electron chi connectivity index (χ4n) is 2.45. The lowest BCUT2D eigenvalue weighted by Gasteiger charge is -2.10. The second-order valence-electron chi connectivity index (χ2n) is 4.76. The van der Waals surface area contributed by atoms with E-state index in [1.54, 1.807) is 0 Å². The van der Waals surface area contributed by atoms with Crippen molar-refractivity contribution in [1.29, 1.82) is 0 Å². The van der Waals surface area contributed by atoms with Crippen LogP contribution in [-0.4, -0.2) is 17.0 Å². The molecule has 2 aromatic heterocycles. The van der Waals surface area contributed by atoms with Crippen molar-refractivity contribution in [2.24, 2.45) is 0 Å². The molecule has 0 atom stereocenters. The third kappa shape index (κ3) is 1.91. The van der Waals surface area contributed by atoms with Crippen LogP contribution < -0.4 is 5.32 Å². The lowest BCUT2D eigenvalue weighted by Crippen LogP contribution is -1.99. The molecule has 0 radical (unpaired) electrons. The molecule has 3 nitrogen and oxygen atoms in total. The molecule has 0 aliphatic heterocycles. The topological polar surface area (TPSA) is 37.8 Å². The van der Waals surface area contributed by atoms with Crippen LogP contribution in [0.15, 0.2) is 30.3 Å². The number of hydrogen-bond donors (Lipinski definition) is 1. The van der Waals surface area contributed by atoms with Gasteiger partial charge in [0, 0.05) is 23.5 Å². The van der Waals surface area contributed by atoms with Crippen molar-refractivity contribution in [3.05, 3.63) is 41.6 Å². The Bertz CT molecular complexity index is 763. The molecular formula is C16H17N3. The van der Waals surface area contributed by atoms with Crippen molar-refractivity contribution in [3.8, 4) is 0 Å². The molecule has 96 valence electrons. The molecule has 2 heterocycles. The molecule has 0 saturated carbocycles. The van der Waals surface area contributed by atoms with Crippen molar-refractivity contribution in [3.63, 3.8) is 0 Å². The van der Waals surface area contributed by atoms with Gasteiger partial charge in [0.05, 0.1) is 11.0 Å². The number of aryl methyl sites for hydroxylation is 2. The monoisotopic (exact) mass is 251 g/mol. The van der Waals surface area contributed by atoms with E-state index >= 15 is 0 Å². The zero-order valence-corrected chi connectivity index (χ0v) is 11.5. The molecule has 0 amide bonds. The van der Waals surface area contributed by atoms with Crippen LogP contribution in [0.25, 0.3) is 21.8 Å². The average molecular weight is 251 g/mol. The van der Waals surface area contributed by atoms with Crippen LogP contribution >= 0.6 is 0 Å². The van der Waals surface area contributed by atoms with Gasteiger partial charge in [-0.05, 0) is 31.0 Å². The minimum atomic E-state index is 0.950. The van der Waals surface area contributed by atoms with Crippen molar-refractivity contribution in [1.82, 2.24) is 9.97 Å². The molecule has 0 fully saturated rings. The third-order valence-electron chi connectivity index (χ3n) is 3.48. The molecule has 1 aromatic carbocycles.